The van der Waals surface area contributed by atoms with Gasteiger partial charge in [-0.15, -0.1) is 0 Å². The summed E-state index contributed by atoms with van der Waals surface area (Å²) in [6.45, 7) is 12.5. The monoisotopic (exact) mass is 471 g/mol. The molecule has 2 amide bonds. The fraction of sp³-hybridized carbons (Fsp3) is 0.783. The lowest BCUT2D eigenvalue weighted by atomic mass is 9.97. The van der Waals surface area contributed by atoms with Gasteiger partial charge in [-0.25, -0.2) is 0 Å². The maximum Gasteiger partial charge on any atom is 0.320 e. The van der Waals surface area contributed by atoms with E-state index in [1.165, 1.54) is 4.90 Å². The number of carboxylic acids is 1. The summed E-state index contributed by atoms with van der Waals surface area (Å²) in [6, 6.07) is -1.11. The van der Waals surface area contributed by atoms with Crippen molar-refractivity contribution in [2.24, 2.45) is 23.5 Å². The van der Waals surface area contributed by atoms with Crippen molar-refractivity contribution >= 4 is 29.5 Å². The fourth-order valence-electron chi connectivity index (χ4n) is 2.95. The van der Waals surface area contributed by atoms with E-state index in [1.807, 2.05) is 0 Å². The molecule has 0 saturated carbocycles. The number of nitrogens with one attached hydrogen (secondary N) is 1. The maximum absolute atomic E-state index is 12.7. The van der Waals surface area contributed by atoms with Crippen molar-refractivity contribution in [3.8, 4) is 0 Å². The number of carbonyl (C=O) groups is 5. The van der Waals surface area contributed by atoms with Crippen molar-refractivity contribution in [1.82, 2.24) is 10.2 Å². The van der Waals surface area contributed by atoms with E-state index in [4.69, 9.17) is 15.6 Å². The zero-order valence-electron chi connectivity index (χ0n) is 21.0. The third kappa shape index (κ3) is 12.4. The molecule has 0 aliphatic heterocycles. The van der Waals surface area contributed by atoms with E-state index in [2.05, 4.69) is 5.32 Å². The molecule has 0 bridgehead atoms. The average molecular weight is 472 g/mol. The van der Waals surface area contributed by atoms with Crippen molar-refractivity contribution in [3.63, 3.8) is 0 Å². The lowest BCUT2D eigenvalue weighted by Crippen LogP contribution is -2.49. The lowest BCUT2D eigenvalue weighted by molar-refractivity contribution is -0.165. The Labute approximate surface area is 196 Å². The van der Waals surface area contributed by atoms with Crippen LogP contribution in [0.15, 0.2) is 0 Å². The predicted molar refractivity (Wildman–Crippen MR) is 123 cm³/mol. The second-order valence-corrected chi connectivity index (χ2v) is 9.65. The van der Waals surface area contributed by atoms with Crippen LogP contribution in [0.4, 0.5) is 0 Å². The highest BCUT2D eigenvalue weighted by Crippen LogP contribution is 2.18. The van der Waals surface area contributed by atoms with Gasteiger partial charge in [-0.1, -0.05) is 34.6 Å². The first-order chi connectivity index (χ1) is 15.1. The Hall–Kier alpha value is -2.49. The minimum Gasteiger partial charge on any atom is -0.480 e. The molecule has 4 N–H and O–H groups in total. The number of hydrogen-bond donors (Lipinski definition) is 3. The standard InChI is InChI=1S/C23H41N3O7/c1-14(2)18(27)12-16(5)22(32)33-23(6,7)13-26(20(29)15(3)4)11-10-25-19(28)9-8-17(24)21(30)31/h14-17H,8-13,24H2,1-7H3,(H,25,28)(H,30,31)/t16?,17-/m0/s1. The van der Waals surface area contributed by atoms with Crippen LogP contribution < -0.4 is 11.1 Å². The smallest absolute Gasteiger partial charge is 0.320 e. The molecular formula is C23H41N3O7. The molecule has 0 aromatic heterocycles. The first kappa shape index (κ1) is 30.5. The molecule has 0 radical (unpaired) electrons. The highest BCUT2D eigenvalue weighted by molar-refractivity contribution is 5.85. The highest BCUT2D eigenvalue weighted by atomic mass is 16.6. The van der Waals surface area contributed by atoms with Gasteiger partial charge >= 0.3 is 11.9 Å². The van der Waals surface area contributed by atoms with Gasteiger partial charge in [-0.05, 0) is 20.3 Å². The zero-order valence-corrected chi connectivity index (χ0v) is 21.0. The minimum atomic E-state index is -1.17. The maximum atomic E-state index is 12.7. The SMILES string of the molecule is CC(C)C(=O)CC(C)C(=O)OC(C)(C)CN(CCNC(=O)CC[C@H](N)C(=O)O)C(=O)C(C)C. The van der Waals surface area contributed by atoms with Crippen LogP contribution in [0.3, 0.4) is 0 Å². The number of carbonyl (C=O) groups excluding carboxylic acids is 4. The highest BCUT2D eigenvalue weighted by Gasteiger charge is 2.31. The summed E-state index contributed by atoms with van der Waals surface area (Å²) < 4.78 is 5.61. The van der Waals surface area contributed by atoms with Gasteiger partial charge in [-0.3, -0.25) is 24.0 Å². The summed E-state index contributed by atoms with van der Waals surface area (Å²) in [6.07, 6.45) is 0.0662. The van der Waals surface area contributed by atoms with Crippen LogP contribution in [0.5, 0.6) is 0 Å². The molecule has 0 aliphatic rings. The Balaban J connectivity index is 4.93. The summed E-state index contributed by atoms with van der Waals surface area (Å²) in [5.41, 5.74) is 4.39. The molecule has 0 saturated heterocycles. The predicted octanol–water partition coefficient (Wildman–Crippen LogP) is 1.35. The summed E-state index contributed by atoms with van der Waals surface area (Å²) in [4.78, 5) is 61.3. The number of esters is 1. The Morgan fingerprint density at radius 3 is 2.09 bits per heavy atom. The number of carboxylic acid groups (broad SMARTS) is 1. The number of ketones is 1. The molecule has 1 unspecified atom stereocenters. The minimum absolute atomic E-state index is 0.0102. The van der Waals surface area contributed by atoms with E-state index in [-0.39, 0.29) is 68.3 Å². The van der Waals surface area contributed by atoms with Crippen molar-refractivity contribution in [2.75, 3.05) is 19.6 Å². The van der Waals surface area contributed by atoms with Crippen molar-refractivity contribution in [3.05, 3.63) is 0 Å². The molecule has 0 aliphatic carbocycles. The van der Waals surface area contributed by atoms with Gasteiger partial charge in [-0.2, -0.15) is 0 Å². The zero-order chi connectivity index (χ0) is 25.9. The van der Waals surface area contributed by atoms with Crippen molar-refractivity contribution < 1.29 is 33.8 Å². The van der Waals surface area contributed by atoms with Crippen LogP contribution in [0.25, 0.3) is 0 Å². The number of aliphatic carboxylic acids is 1. The Bertz CT molecular complexity index is 704. The number of hydrogen-bond acceptors (Lipinski definition) is 7. The lowest BCUT2D eigenvalue weighted by Gasteiger charge is -2.34. The van der Waals surface area contributed by atoms with Crippen LogP contribution >= 0.6 is 0 Å². The largest absolute Gasteiger partial charge is 0.480 e. The number of rotatable bonds is 15. The molecule has 0 rings (SSSR count). The first-order valence-corrected chi connectivity index (χ1v) is 11.4. The second-order valence-electron chi connectivity index (χ2n) is 9.65. The molecule has 10 heteroatoms. The molecular weight excluding hydrogens is 430 g/mol. The van der Waals surface area contributed by atoms with Crippen LogP contribution in [0, 0.1) is 17.8 Å². The van der Waals surface area contributed by atoms with Crippen LogP contribution in [-0.4, -0.2) is 70.8 Å². The van der Waals surface area contributed by atoms with Gasteiger partial charge in [0.2, 0.25) is 11.8 Å². The summed E-state index contributed by atoms with van der Waals surface area (Å²) in [7, 11) is 0. The molecule has 2 atom stereocenters. The molecule has 0 aromatic rings. The van der Waals surface area contributed by atoms with E-state index in [1.54, 1.807) is 48.5 Å². The van der Waals surface area contributed by atoms with Gasteiger partial charge in [0, 0.05) is 37.8 Å². The molecule has 0 spiro atoms. The third-order valence-electron chi connectivity index (χ3n) is 5.01. The van der Waals surface area contributed by atoms with Crippen LogP contribution in [-0.2, 0) is 28.7 Å². The molecule has 0 aromatic carbocycles. The Morgan fingerprint density at radius 2 is 1.61 bits per heavy atom. The van der Waals surface area contributed by atoms with E-state index in [0.29, 0.717) is 0 Å². The number of ether oxygens (including phenoxy) is 1. The molecule has 0 fully saturated rings. The van der Waals surface area contributed by atoms with Gasteiger partial charge in [0.05, 0.1) is 12.5 Å². The molecule has 10 nitrogen and oxygen atoms in total. The van der Waals surface area contributed by atoms with E-state index in [9.17, 15) is 24.0 Å². The summed E-state index contributed by atoms with van der Waals surface area (Å²) >= 11 is 0. The second kappa shape index (κ2) is 13.9. The van der Waals surface area contributed by atoms with Crippen molar-refractivity contribution in [1.29, 1.82) is 0 Å². The van der Waals surface area contributed by atoms with Gasteiger partial charge in [0.25, 0.3) is 0 Å². The van der Waals surface area contributed by atoms with E-state index in [0.717, 1.165) is 0 Å². The first-order valence-electron chi connectivity index (χ1n) is 11.4. The van der Waals surface area contributed by atoms with Gasteiger partial charge in [0.15, 0.2) is 0 Å². The van der Waals surface area contributed by atoms with E-state index < -0.39 is 29.5 Å². The summed E-state index contributed by atoms with van der Waals surface area (Å²) in [5.74, 6) is -3.28. The van der Waals surface area contributed by atoms with Crippen LogP contribution in [0.1, 0.15) is 67.7 Å². The Morgan fingerprint density at radius 1 is 1.03 bits per heavy atom. The van der Waals surface area contributed by atoms with Gasteiger partial charge in [0.1, 0.15) is 17.4 Å². The molecule has 33 heavy (non-hydrogen) atoms. The van der Waals surface area contributed by atoms with E-state index >= 15 is 0 Å². The quantitative estimate of drug-likeness (QED) is 0.302. The van der Waals surface area contributed by atoms with Gasteiger partial charge < -0.3 is 25.8 Å². The van der Waals surface area contributed by atoms with Crippen molar-refractivity contribution in [2.45, 2.75) is 79.4 Å². The number of Topliss-reactive ketones (excluding diaryl/α,β-unsaturated/α-hetero) is 1. The normalized spacial score (nSPS) is 13.4. The fourth-order valence-corrected chi connectivity index (χ4v) is 2.95. The number of nitrogens with zero attached hydrogens (tertiary/aromatic N) is 1. The van der Waals surface area contributed by atoms with Crippen LogP contribution in [0.2, 0.25) is 0 Å². The Kier molecular flexibility index (Phi) is 12.9. The molecule has 190 valence electrons. The topological polar surface area (TPSA) is 156 Å². The molecule has 0 heterocycles. The summed E-state index contributed by atoms with van der Waals surface area (Å²) in [5, 5.41) is 11.4. The number of nitrogens with two attached hydrogens (primary N) is 1. The average Bonchev–Trinajstić information content (AvgIpc) is 2.69. The number of amides is 2. The third-order valence-corrected chi connectivity index (χ3v) is 5.01.